The van der Waals surface area contributed by atoms with Gasteiger partial charge in [0, 0.05) is 8.07 Å². The standard InChI is InChI=1S/C12H15Si.C9H7.2ClH.Zr/c1-13(2,3)12-9-8-10-6-4-5-7-11(10)12;1-2-5-9-7-3-6-8(9)4-1;;;/h4-9H,1-3H3;1-7H;2*1H;/q2*-1;;;+4/p-2. The van der Waals surface area contributed by atoms with Crippen molar-refractivity contribution < 1.29 is 20.8 Å². The summed E-state index contributed by atoms with van der Waals surface area (Å²) < 4.78 is 0. The number of fused-ring (bicyclic) bond motifs is 2. The van der Waals surface area contributed by atoms with Crippen LogP contribution in [-0.4, -0.2) is 8.07 Å². The molecule has 0 aromatic heterocycles. The third-order valence-corrected chi connectivity index (χ3v) is 6.09. The Morgan fingerprint density at radius 3 is 2.04 bits per heavy atom. The number of rotatable bonds is 1. The van der Waals surface area contributed by atoms with Gasteiger partial charge in [0.25, 0.3) is 0 Å². The monoisotopic (exact) mass is 462 g/mol. The third-order valence-electron chi connectivity index (χ3n) is 4.04. The molecule has 0 nitrogen and oxygen atoms in total. The second-order valence-electron chi connectivity index (χ2n) is 6.81. The van der Waals surface area contributed by atoms with Gasteiger partial charge in [-0.05, 0) is 0 Å². The van der Waals surface area contributed by atoms with Crippen LogP contribution in [0.1, 0.15) is 0 Å². The molecular formula is C21H22Cl2SiZr. The summed E-state index contributed by atoms with van der Waals surface area (Å²) in [7, 11) is 8.72. The molecule has 25 heavy (non-hydrogen) atoms. The Kier molecular flexibility index (Phi) is 8.16. The van der Waals surface area contributed by atoms with Crippen molar-refractivity contribution in [2.45, 2.75) is 19.6 Å². The SMILES string of the molecule is C[Si](C)(C)c1c[cH-]c2ccccc12.[Cl][Zr+2][Cl].c1ccc2[cH-]ccc2c1. The Morgan fingerprint density at radius 2 is 1.40 bits per heavy atom. The van der Waals surface area contributed by atoms with Crippen molar-refractivity contribution in [1.29, 1.82) is 0 Å². The fourth-order valence-electron chi connectivity index (χ4n) is 2.87. The number of hydrogen-bond donors (Lipinski definition) is 0. The summed E-state index contributed by atoms with van der Waals surface area (Å²) in [5.74, 6) is 0. The number of benzene rings is 2. The van der Waals surface area contributed by atoms with Crippen LogP contribution in [0, 0.1) is 0 Å². The van der Waals surface area contributed by atoms with Crippen LogP contribution in [0.4, 0.5) is 0 Å². The zero-order valence-electron chi connectivity index (χ0n) is 14.8. The maximum atomic E-state index is 4.93. The molecule has 0 atom stereocenters. The predicted octanol–water partition coefficient (Wildman–Crippen LogP) is 7.04. The third kappa shape index (κ3) is 5.93. The molecule has 0 spiro atoms. The summed E-state index contributed by atoms with van der Waals surface area (Å²) in [6.07, 6.45) is 0. The van der Waals surface area contributed by atoms with E-state index in [0.717, 1.165) is 0 Å². The van der Waals surface area contributed by atoms with Gasteiger partial charge < -0.3 is 0 Å². The molecule has 0 unspecified atom stereocenters. The molecule has 0 fully saturated rings. The first-order valence-corrected chi connectivity index (χ1v) is 18.0. The quantitative estimate of drug-likeness (QED) is 0.209. The minimum atomic E-state index is -1.15. The van der Waals surface area contributed by atoms with Crippen molar-refractivity contribution in [3.63, 3.8) is 0 Å². The molecule has 0 aliphatic heterocycles. The number of halogens is 2. The Bertz CT molecular complexity index is 872. The molecule has 4 heteroatoms. The van der Waals surface area contributed by atoms with Gasteiger partial charge in [0.05, 0.1) is 0 Å². The van der Waals surface area contributed by atoms with Crippen LogP contribution >= 0.6 is 17.0 Å². The molecule has 0 aliphatic rings. The second-order valence-corrected chi connectivity index (χ2v) is 15.6. The van der Waals surface area contributed by atoms with Crippen LogP contribution in [0.2, 0.25) is 19.6 Å². The van der Waals surface area contributed by atoms with Crippen molar-refractivity contribution in [1.82, 2.24) is 0 Å². The number of hydrogen-bond acceptors (Lipinski definition) is 0. The molecule has 0 radical (unpaired) electrons. The summed E-state index contributed by atoms with van der Waals surface area (Å²) in [5, 5.41) is 7.10. The zero-order valence-corrected chi connectivity index (χ0v) is 19.7. The van der Waals surface area contributed by atoms with Gasteiger partial charge in [0.15, 0.2) is 0 Å². The molecule has 0 bridgehead atoms. The molecule has 4 aromatic carbocycles. The van der Waals surface area contributed by atoms with Gasteiger partial charge in [-0.15, -0.1) is 59.3 Å². The van der Waals surface area contributed by atoms with Crippen LogP contribution in [0.25, 0.3) is 21.5 Å². The average molecular weight is 465 g/mol. The van der Waals surface area contributed by atoms with Crippen LogP contribution in [0.15, 0.2) is 78.9 Å². The summed E-state index contributed by atoms with van der Waals surface area (Å²) in [5.41, 5.74) is 0. The van der Waals surface area contributed by atoms with Crippen molar-refractivity contribution >= 4 is 51.8 Å². The Hall–Kier alpha value is -0.660. The molecule has 0 saturated heterocycles. The zero-order chi connectivity index (χ0) is 18.3. The molecular weight excluding hydrogens is 442 g/mol. The fraction of sp³-hybridized carbons (Fsp3) is 0.143. The first kappa shape index (κ1) is 20.6. The molecule has 0 amide bonds. The summed E-state index contributed by atoms with van der Waals surface area (Å²) in [6.45, 7) is 7.19. The molecule has 0 N–H and O–H groups in total. The summed E-state index contributed by atoms with van der Waals surface area (Å²) in [6, 6.07) is 27.9. The van der Waals surface area contributed by atoms with E-state index >= 15 is 0 Å². The summed E-state index contributed by atoms with van der Waals surface area (Å²) in [4.78, 5) is 0. The van der Waals surface area contributed by atoms with Crippen molar-refractivity contribution in [2.75, 3.05) is 0 Å². The van der Waals surface area contributed by atoms with Gasteiger partial charge in [-0.1, -0.05) is 31.8 Å². The van der Waals surface area contributed by atoms with Gasteiger partial charge >= 0.3 is 37.9 Å². The Labute approximate surface area is 170 Å². The van der Waals surface area contributed by atoms with Crippen molar-refractivity contribution in [2.24, 2.45) is 0 Å². The maximum absolute atomic E-state index is 4.93. The topological polar surface area (TPSA) is 0 Å². The minimum absolute atomic E-state index is 0.826. The predicted molar refractivity (Wildman–Crippen MR) is 114 cm³/mol. The van der Waals surface area contributed by atoms with Gasteiger partial charge in [-0.2, -0.15) is 34.2 Å². The maximum Gasteiger partial charge on any atom is -0.0809 e. The van der Waals surface area contributed by atoms with E-state index in [1.807, 2.05) is 0 Å². The Balaban J connectivity index is 0.000000163. The van der Waals surface area contributed by atoms with E-state index in [1.165, 1.54) is 21.5 Å². The molecule has 128 valence electrons. The summed E-state index contributed by atoms with van der Waals surface area (Å²) >= 11 is -0.826. The van der Waals surface area contributed by atoms with Crippen molar-refractivity contribution in [3.8, 4) is 0 Å². The van der Waals surface area contributed by atoms with E-state index in [9.17, 15) is 0 Å². The largest absolute Gasteiger partial charge is 0.168 e. The molecule has 0 aliphatic carbocycles. The molecule has 0 heterocycles. The van der Waals surface area contributed by atoms with Gasteiger partial charge in [0.1, 0.15) is 0 Å². The van der Waals surface area contributed by atoms with Crippen LogP contribution < -0.4 is 5.19 Å². The average Bonchev–Trinajstić information content (AvgIpc) is 3.22. The van der Waals surface area contributed by atoms with E-state index in [-0.39, 0.29) is 0 Å². The molecule has 4 rings (SSSR count). The first-order valence-electron chi connectivity index (χ1n) is 8.19. The fourth-order valence-corrected chi connectivity index (χ4v) is 4.49. The minimum Gasteiger partial charge on any atom is -0.168 e. The molecule has 0 saturated carbocycles. The first-order chi connectivity index (χ1) is 12.0. The second kappa shape index (κ2) is 9.88. The Morgan fingerprint density at radius 1 is 0.800 bits per heavy atom. The van der Waals surface area contributed by atoms with E-state index in [2.05, 4.69) is 98.5 Å². The van der Waals surface area contributed by atoms with E-state index in [1.54, 1.807) is 5.19 Å². The smallest absolute Gasteiger partial charge is 0.0809 e. The van der Waals surface area contributed by atoms with Crippen LogP contribution in [-0.2, 0) is 20.8 Å². The van der Waals surface area contributed by atoms with Crippen molar-refractivity contribution in [3.05, 3.63) is 78.9 Å². The van der Waals surface area contributed by atoms with Crippen LogP contribution in [0.3, 0.4) is 0 Å². The normalized spacial score (nSPS) is 10.4. The van der Waals surface area contributed by atoms with E-state index < -0.39 is 28.9 Å². The van der Waals surface area contributed by atoms with Crippen LogP contribution in [0.5, 0.6) is 0 Å². The van der Waals surface area contributed by atoms with Gasteiger partial charge in [-0.3, -0.25) is 0 Å². The van der Waals surface area contributed by atoms with Gasteiger partial charge in [-0.25, -0.2) is 0 Å². The van der Waals surface area contributed by atoms with E-state index in [4.69, 9.17) is 17.0 Å². The molecule has 4 aromatic rings. The van der Waals surface area contributed by atoms with Gasteiger partial charge in [0.2, 0.25) is 0 Å². The van der Waals surface area contributed by atoms with E-state index in [0.29, 0.717) is 0 Å².